The summed E-state index contributed by atoms with van der Waals surface area (Å²) in [4.78, 5) is 0. The van der Waals surface area contributed by atoms with Gasteiger partial charge in [0, 0.05) is 18.7 Å². The van der Waals surface area contributed by atoms with Crippen LogP contribution in [0.15, 0.2) is 12.4 Å². The van der Waals surface area contributed by atoms with Crippen LogP contribution < -0.4 is 0 Å². The molecule has 4 aliphatic carbocycles. The van der Waals surface area contributed by atoms with Gasteiger partial charge in [0.15, 0.2) is 0 Å². The third kappa shape index (κ3) is 3.67. The number of hydrogen-bond donors (Lipinski definition) is 2. The summed E-state index contributed by atoms with van der Waals surface area (Å²) < 4.78 is 1.84. The third-order valence-corrected chi connectivity index (χ3v) is 11.1. The van der Waals surface area contributed by atoms with Gasteiger partial charge in [-0.1, -0.05) is 27.2 Å². The van der Waals surface area contributed by atoms with E-state index in [0.29, 0.717) is 23.9 Å². The molecule has 1 heterocycles. The molecular formula is C28H43N3O2. The summed E-state index contributed by atoms with van der Waals surface area (Å²) in [6, 6.07) is 2.16. The molecule has 0 spiro atoms. The molecule has 0 radical (unpaired) electrons. The Morgan fingerprint density at radius 2 is 1.91 bits per heavy atom. The van der Waals surface area contributed by atoms with Crippen molar-refractivity contribution in [1.82, 2.24) is 9.78 Å². The molecule has 4 saturated carbocycles. The average molecular weight is 454 g/mol. The first kappa shape index (κ1) is 23.4. The molecule has 9 atom stereocenters. The molecule has 0 aliphatic heterocycles. The fourth-order valence-electron chi connectivity index (χ4n) is 9.47. The van der Waals surface area contributed by atoms with Gasteiger partial charge in [-0.2, -0.15) is 10.4 Å². The lowest BCUT2D eigenvalue weighted by Crippen LogP contribution is -2.57. The normalized spacial score (nSPS) is 45.5. The summed E-state index contributed by atoms with van der Waals surface area (Å²) in [5.41, 5.74) is -0.539. The van der Waals surface area contributed by atoms with E-state index < -0.39 is 11.2 Å². The van der Waals surface area contributed by atoms with Crippen LogP contribution in [0.5, 0.6) is 0 Å². The summed E-state index contributed by atoms with van der Waals surface area (Å²) in [6.45, 7) is 7.42. The lowest BCUT2D eigenvalue weighted by molar-refractivity contribution is -0.162. The molecule has 182 valence electrons. The van der Waals surface area contributed by atoms with Crippen LogP contribution in [0.3, 0.4) is 0 Å². The van der Waals surface area contributed by atoms with Crippen molar-refractivity contribution in [2.75, 3.05) is 0 Å². The third-order valence-electron chi connectivity index (χ3n) is 11.1. The van der Waals surface area contributed by atoms with Crippen molar-refractivity contribution in [2.45, 2.75) is 109 Å². The highest BCUT2D eigenvalue weighted by atomic mass is 16.3. The Morgan fingerprint density at radius 3 is 2.64 bits per heavy atom. The number of aromatic nitrogens is 2. The molecular weight excluding hydrogens is 410 g/mol. The molecule has 0 saturated heterocycles. The molecule has 5 heteroatoms. The van der Waals surface area contributed by atoms with Crippen molar-refractivity contribution < 1.29 is 10.2 Å². The second-order valence-electron chi connectivity index (χ2n) is 12.5. The Kier molecular flexibility index (Phi) is 5.93. The fourth-order valence-corrected chi connectivity index (χ4v) is 9.47. The van der Waals surface area contributed by atoms with E-state index in [-0.39, 0.29) is 11.3 Å². The Balaban J connectivity index is 1.31. The molecule has 2 N–H and O–H groups in total. The predicted octanol–water partition coefficient (Wildman–Crippen LogP) is 5.31. The van der Waals surface area contributed by atoms with Crippen LogP contribution in [0, 0.1) is 52.3 Å². The summed E-state index contributed by atoms with van der Waals surface area (Å²) >= 11 is 0. The van der Waals surface area contributed by atoms with Gasteiger partial charge >= 0.3 is 0 Å². The first-order valence-corrected chi connectivity index (χ1v) is 13.6. The maximum Gasteiger partial charge on any atom is 0.102 e. The van der Waals surface area contributed by atoms with E-state index in [9.17, 15) is 10.2 Å². The van der Waals surface area contributed by atoms with E-state index in [2.05, 4.69) is 31.9 Å². The minimum atomic E-state index is -0.674. The van der Waals surface area contributed by atoms with Crippen LogP contribution in [-0.2, 0) is 6.54 Å². The SMILES string of the molecule is CCC[C@@]1(O)CC[C@H]2[C@H](CC[C@@H]3[C@@H]2CC[C@@]2(C)[C@H]3CC[C@]2(O)[C@@H](C)Cn2cc(C#N)cn2)C1. The molecule has 1 aromatic heterocycles. The zero-order valence-electron chi connectivity index (χ0n) is 20.8. The monoisotopic (exact) mass is 453 g/mol. The lowest BCUT2D eigenvalue weighted by Gasteiger charge is -2.59. The molecule has 4 fully saturated rings. The molecule has 0 amide bonds. The van der Waals surface area contributed by atoms with Gasteiger partial charge in [0.1, 0.15) is 6.07 Å². The van der Waals surface area contributed by atoms with Gasteiger partial charge < -0.3 is 10.2 Å². The van der Waals surface area contributed by atoms with Crippen molar-refractivity contribution in [2.24, 2.45) is 40.9 Å². The fraction of sp³-hybridized carbons (Fsp3) is 0.857. The van der Waals surface area contributed by atoms with Crippen molar-refractivity contribution in [3.8, 4) is 6.07 Å². The van der Waals surface area contributed by atoms with Gasteiger partial charge in [0.05, 0.1) is 23.0 Å². The predicted molar refractivity (Wildman–Crippen MR) is 128 cm³/mol. The number of nitriles is 1. The second kappa shape index (κ2) is 8.38. The van der Waals surface area contributed by atoms with E-state index in [1.165, 1.54) is 25.7 Å². The Labute approximate surface area is 199 Å². The van der Waals surface area contributed by atoms with Crippen molar-refractivity contribution in [3.05, 3.63) is 18.0 Å². The molecule has 0 bridgehead atoms. The molecule has 33 heavy (non-hydrogen) atoms. The number of rotatable bonds is 5. The number of aliphatic hydroxyl groups is 2. The largest absolute Gasteiger partial charge is 0.390 e. The minimum absolute atomic E-state index is 0.0384. The van der Waals surface area contributed by atoms with Crippen molar-refractivity contribution in [3.63, 3.8) is 0 Å². The number of nitrogens with zero attached hydrogens (tertiary/aromatic N) is 3. The van der Waals surface area contributed by atoms with Gasteiger partial charge in [-0.15, -0.1) is 0 Å². The Morgan fingerprint density at radius 1 is 1.12 bits per heavy atom. The van der Waals surface area contributed by atoms with E-state index >= 15 is 0 Å². The van der Waals surface area contributed by atoms with Gasteiger partial charge in [-0.3, -0.25) is 4.68 Å². The molecule has 1 aromatic rings. The number of fused-ring (bicyclic) bond motifs is 5. The standard InChI is InChI=1S/C28H43N3O2/c1-4-10-27(32)12-8-22-21(14-27)5-6-24-23(22)7-11-26(3)25(24)9-13-28(26,33)19(2)17-31-18-20(15-29)16-30-31/h16,18-19,21-25,32-33H,4-14,17H2,1-3H3/t19-,21+,22-,23+,24+,25-,26-,27+,28-/m0/s1. The minimum Gasteiger partial charge on any atom is -0.390 e. The summed E-state index contributed by atoms with van der Waals surface area (Å²) in [6.07, 6.45) is 15.6. The maximum absolute atomic E-state index is 12.2. The average Bonchev–Trinajstić information content (AvgIpc) is 3.35. The van der Waals surface area contributed by atoms with Crippen LogP contribution >= 0.6 is 0 Å². The maximum atomic E-state index is 12.2. The first-order chi connectivity index (χ1) is 15.7. The smallest absolute Gasteiger partial charge is 0.102 e. The van der Waals surface area contributed by atoms with Crippen molar-refractivity contribution in [1.29, 1.82) is 5.26 Å². The van der Waals surface area contributed by atoms with Gasteiger partial charge in [-0.25, -0.2) is 0 Å². The van der Waals surface area contributed by atoms with Crippen LogP contribution in [0.1, 0.15) is 97.0 Å². The lowest BCUT2D eigenvalue weighted by atomic mass is 9.47. The molecule has 0 aromatic carbocycles. The van der Waals surface area contributed by atoms with E-state index in [1.54, 1.807) is 12.4 Å². The molecule has 5 rings (SSSR count). The highest BCUT2D eigenvalue weighted by Gasteiger charge is 2.64. The second-order valence-corrected chi connectivity index (χ2v) is 12.5. The highest BCUT2D eigenvalue weighted by molar-refractivity contribution is 5.22. The quantitative estimate of drug-likeness (QED) is 0.633. The number of hydrogen-bond acceptors (Lipinski definition) is 4. The highest BCUT2D eigenvalue weighted by Crippen LogP contribution is 2.67. The first-order valence-electron chi connectivity index (χ1n) is 13.6. The molecule has 0 unspecified atom stereocenters. The Hall–Kier alpha value is -1.38. The topological polar surface area (TPSA) is 82.1 Å². The van der Waals surface area contributed by atoms with Crippen LogP contribution in [0.25, 0.3) is 0 Å². The van der Waals surface area contributed by atoms with E-state index in [4.69, 9.17) is 5.26 Å². The Bertz CT molecular complexity index is 907. The molecule has 4 aliphatic rings. The van der Waals surface area contributed by atoms with Crippen LogP contribution in [0.2, 0.25) is 0 Å². The van der Waals surface area contributed by atoms with E-state index in [0.717, 1.165) is 62.7 Å². The van der Waals surface area contributed by atoms with E-state index in [1.807, 2.05) is 4.68 Å². The van der Waals surface area contributed by atoms with Crippen LogP contribution in [-0.4, -0.2) is 31.2 Å². The summed E-state index contributed by atoms with van der Waals surface area (Å²) in [5.74, 6) is 3.71. The van der Waals surface area contributed by atoms with Crippen molar-refractivity contribution >= 4 is 0 Å². The van der Waals surface area contributed by atoms with Gasteiger partial charge in [0.2, 0.25) is 0 Å². The summed E-state index contributed by atoms with van der Waals surface area (Å²) in [7, 11) is 0. The zero-order chi connectivity index (χ0) is 23.4. The van der Waals surface area contributed by atoms with Gasteiger partial charge in [-0.05, 0) is 99.2 Å². The molecule has 5 nitrogen and oxygen atoms in total. The van der Waals surface area contributed by atoms with Gasteiger partial charge in [0.25, 0.3) is 0 Å². The zero-order valence-corrected chi connectivity index (χ0v) is 20.8. The summed E-state index contributed by atoms with van der Waals surface area (Å²) in [5, 5.41) is 36.7. The van der Waals surface area contributed by atoms with Crippen LogP contribution in [0.4, 0.5) is 0 Å².